The van der Waals surface area contributed by atoms with Crippen molar-refractivity contribution in [3.8, 4) is 5.75 Å². The molecule has 2 N–H and O–H groups in total. The number of aliphatic hydroxyl groups is 1. The lowest BCUT2D eigenvalue weighted by Gasteiger charge is -2.28. The number of para-hydroxylation sites is 1. The van der Waals surface area contributed by atoms with Crippen LogP contribution >= 0.6 is 11.3 Å². The molecule has 1 aromatic heterocycles. The van der Waals surface area contributed by atoms with Crippen molar-refractivity contribution in [2.75, 3.05) is 13.7 Å². The van der Waals surface area contributed by atoms with Crippen LogP contribution in [-0.2, 0) is 15.4 Å². The van der Waals surface area contributed by atoms with E-state index in [1.807, 2.05) is 12.1 Å². The Kier molecular flexibility index (Phi) is 5.72. The smallest absolute Gasteiger partial charge is 0.244 e. The summed E-state index contributed by atoms with van der Waals surface area (Å²) in [7, 11) is -2.20. The summed E-state index contributed by atoms with van der Waals surface area (Å²) in [4.78, 5) is 2.22. The quantitative estimate of drug-likeness (QED) is 0.751. The molecule has 1 saturated carbocycles. The normalized spacial score (nSPS) is 18.0. The van der Waals surface area contributed by atoms with Crippen molar-refractivity contribution >= 4 is 21.4 Å². The highest BCUT2D eigenvalue weighted by molar-refractivity contribution is 7.89. The Morgan fingerprint density at radius 2 is 1.92 bits per heavy atom. The Hall–Kier alpha value is -1.41. The Morgan fingerprint density at radius 3 is 2.54 bits per heavy atom. The summed E-state index contributed by atoms with van der Waals surface area (Å²) in [6, 6.07) is 10.6. The van der Waals surface area contributed by atoms with E-state index in [2.05, 4.69) is 4.72 Å². The number of aliphatic hydroxyl groups excluding tert-OH is 1. The maximum Gasteiger partial charge on any atom is 0.244 e. The maximum atomic E-state index is 12.8. The van der Waals surface area contributed by atoms with Gasteiger partial charge in [-0.05, 0) is 44.0 Å². The molecule has 3 rings (SSSR count). The van der Waals surface area contributed by atoms with Crippen LogP contribution in [0.15, 0.2) is 41.3 Å². The Morgan fingerprint density at radius 1 is 1.23 bits per heavy atom. The van der Waals surface area contributed by atoms with E-state index in [1.54, 1.807) is 42.5 Å². The van der Waals surface area contributed by atoms with E-state index in [9.17, 15) is 13.5 Å². The lowest BCUT2D eigenvalue weighted by molar-refractivity contribution is 0.203. The van der Waals surface area contributed by atoms with Gasteiger partial charge in [0, 0.05) is 21.7 Å². The van der Waals surface area contributed by atoms with E-state index < -0.39 is 16.1 Å². The van der Waals surface area contributed by atoms with Gasteiger partial charge in [0.25, 0.3) is 0 Å². The summed E-state index contributed by atoms with van der Waals surface area (Å²) in [5.74, 6) is 0.341. The van der Waals surface area contributed by atoms with E-state index in [0.29, 0.717) is 12.3 Å². The number of benzene rings is 1. The molecule has 0 aliphatic heterocycles. The second-order valence-electron chi connectivity index (χ2n) is 6.84. The molecule has 142 valence electrons. The third kappa shape index (κ3) is 3.81. The van der Waals surface area contributed by atoms with Gasteiger partial charge in [-0.3, -0.25) is 0 Å². The van der Waals surface area contributed by atoms with Crippen LogP contribution in [0.5, 0.6) is 5.75 Å². The van der Waals surface area contributed by atoms with Crippen LogP contribution in [0.3, 0.4) is 0 Å². The van der Waals surface area contributed by atoms with Gasteiger partial charge in [-0.2, -0.15) is 0 Å². The molecule has 0 spiro atoms. The third-order valence-corrected chi connectivity index (χ3v) is 8.02. The minimum absolute atomic E-state index is 0.159. The van der Waals surface area contributed by atoms with Gasteiger partial charge in [-0.15, -0.1) is 11.3 Å². The van der Waals surface area contributed by atoms with Gasteiger partial charge < -0.3 is 9.84 Å². The number of methoxy groups -OCH3 is 1. The molecule has 7 heteroatoms. The molecule has 2 aromatic rings. The van der Waals surface area contributed by atoms with Gasteiger partial charge in [0.05, 0.1) is 13.2 Å². The highest BCUT2D eigenvalue weighted by atomic mass is 32.2. The number of nitrogens with one attached hydrogen (secondary N) is 1. The van der Waals surface area contributed by atoms with Crippen molar-refractivity contribution in [1.82, 2.24) is 4.72 Å². The van der Waals surface area contributed by atoms with Crippen molar-refractivity contribution in [1.29, 1.82) is 0 Å². The first-order chi connectivity index (χ1) is 12.4. The fourth-order valence-electron chi connectivity index (χ4n) is 3.58. The number of sulfonamides is 1. The predicted octanol–water partition coefficient (Wildman–Crippen LogP) is 3.60. The van der Waals surface area contributed by atoms with E-state index in [4.69, 9.17) is 4.74 Å². The molecule has 1 aromatic carbocycles. The van der Waals surface area contributed by atoms with E-state index in [-0.39, 0.29) is 10.3 Å². The first-order valence-corrected chi connectivity index (χ1v) is 11.1. The lowest BCUT2D eigenvalue weighted by atomic mass is 9.85. The fourth-order valence-corrected chi connectivity index (χ4v) is 6.06. The van der Waals surface area contributed by atoms with Crippen LogP contribution in [-0.4, -0.2) is 27.2 Å². The zero-order valence-electron chi connectivity index (χ0n) is 15.1. The monoisotopic (exact) mass is 395 g/mol. The topological polar surface area (TPSA) is 75.6 Å². The van der Waals surface area contributed by atoms with E-state index in [0.717, 1.165) is 35.4 Å². The summed E-state index contributed by atoms with van der Waals surface area (Å²) in [6.45, 7) is 2.11. The van der Waals surface area contributed by atoms with E-state index >= 15 is 0 Å². The molecule has 1 fully saturated rings. The van der Waals surface area contributed by atoms with Crippen molar-refractivity contribution < 1.29 is 18.3 Å². The molecule has 0 saturated heterocycles. The van der Waals surface area contributed by atoms with Crippen molar-refractivity contribution in [3.05, 3.63) is 46.2 Å². The summed E-state index contributed by atoms with van der Waals surface area (Å²) in [5.41, 5.74) is -0.201. The number of ether oxygens (including phenoxy) is 1. The molecular weight excluding hydrogens is 370 g/mol. The van der Waals surface area contributed by atoms with Crippen LogP contribution in [0.4, 0.5) is 0 Å². The molecule has 0 unspecified atom stereocenters. The van der Waals surface area contributed by atoms with Gasteiger partial charge in [-0.25, -0.2) is 13.1 Å². The Balaban J connectivity index is 1.85. The Labute approximate surface area is 159 Å². The molecular formula is C19H25NO4S2. The minimum atomic E-state index is -3.67. The summed E-state index contributed by atoms with van der Waals surface area (Å²) >= 11 is 1.58. The fraction of sp³-hybridized carbons (Fsp3) is 0.474. The second kappa shape index (κ2) is 7.68. The summed E-state index contributed by atoms with van der Waals surface area (Å²) in [5, 5.41) is 9.81. The number of rotatable bonds is 7. The van der Waals surface area contributed by atoms with Crippen LogP contribution in [0, 0.1) is 0 Å². The van der Waals surface area contributed by atoms with Gasteiger partial charge in [0.15, 0.2) is 0 Å². The molecule has 0 radical (unpaired) electrons. The zero-order chi connectivity index (χ0) is 18.8. The zero-order valence-corrected chi connectivity index (χ0v) is 16.7. The number of thiophene rings is 1. The largest absolute Gasteiger partial charge is 0.495 e. The summed E-state index contributed by atoms with van der Waals surface area (Å²) in [6.07, 6.45) is 3.55. The first kappa shape index (κ1) is 19.4. The van der Waals surface area contributed by atoms with Crippen molar-refractivity contribution in [3.63, 3.8) is 0 Å². The number of hydrogen-bond donors (Lipinski definition) is 2. The number of hydrogen-bond acceptors (Lipinski definition) is 5. The molecule has 1 aliphatic rings. The highest BCUT2D eigenvalue weighted by Crippen LogP contribution is 2.44. The predicted molar refractivity (Wildman–Crippen MR) is 103 cm³/mol. The highest BCUT2D eigenvalue weighted by Gasteiger charge is 2.38. The molecule has 1 aliphatic carbocycles. The van der Waals surface area contributed by atoms with Crippen molar-refractivity contribution in [2.45, 2.75) is 49.0 Å². The molecule has 1 atom stereocenters. The average Bonchev–Trinajstić information content (AvgIpc) is 3.30. The van der Waals surface area contributed by atoms with Crippen LogP contribution < -0.4 is 9.46 Å². The standard InChI is InChI=1S/C19H25NO4S2/c1-14(21)16-9-10-18(25-16)19(11-5-6-12-19)13-20-26(22,23)17-8-4-3-7-15(17)24-2/h3-4,7-10,14,20-21H,5-6,11-13H2,1-2H3/t14-/m1/s1. The second-order valence-corrected chi connectivity index (χ2v) is 9.69. The van der Waals surface area contributed by atoms with E-state index in [1.165, 1.54) is 7.11 Å². The van der Waals surface area contributed by atoms with Gasteiger partial charge >= 0.3 is 0 Å². The van der Waals surface area contributed by atoms with Crippen LogP contribution in [0.1, 0.15) is 48.5 Å². The van der Waals surface area contributed by atoms with Gasteiger partial charge in [0.1, 0.15) is 10.6 Å². The lowest BCUT2D eigenvalue weighted by Crippen LogP contribution is -2.38. The third-order valence-electron chi connectivity index (χ3n) is 5.08. The maximum absolute atomic E-state index is 12.8. The molecule has 0 amide bonds. The van der Waals surface area contributed by atoms with Crippen LogP contribution in [0.25, 0.3) is 0 Å². The molecule has 26 heavy (non-hydrogen) atoms. The summed E-state index contributed by atoms with van der Waals surface area (Å²) < 4.78 is 33.7. The minimum Gasteiger partial charge on any atom is -0.495 e. The SMILES string of the molecule is COc1ccccc1S(=O)(=O)NCC1(c2ccc([C@@H](C)O)s2)CCCC1. The average molecular weight is 396 g/mol. The molecule has 1 heterocycles. The van der Waals surface area contributed by atoms with Crippen molar-refractivity contribution in [2.24, 2.45) is 0 Å². The Bertz CT molecular complexity index is 852. The first-order valence-electron chi connectivity index (χ1n) is 8.79. The molecule has 5 nitrogen and oxygen atoms in total. The van der Waals surface area contributed by atoms with Gasteiger partial charge in [0.2, 0.25) is 10.0 Å². The molecule has 0 bridgehead atoms. The van der Waals surface area contributed by atoms with Gasteiger partial charge in [-0.1, -0.05) is 25.0 Å². The van der Waals surface area contributed by atoms with Crippen LogP contribution in [0.2, 0.25) is 0 Å².